The molecule has 1 aromatic heterocycles. The summed E-state index contributed by atoms with van der Waals surface area (Å²) in [6.07, 6.45) is 9.24. The molecule has 5 nitrogen and oxygen atoms in total. The highest BCUT2D eigenvalue weighted by molar-refractivity contribution is 5.72. The topological polar surface area (TPSA) is 50.2 Å². The summed E-state index contributed by atoms with van der Waals surface area (Å²) in [5.41, 5.74) is 2.77. The second-order valence-electron chi connectivity index (χ2n) is 8.43. The Morgan fingerprint density at radius 3 is 2.76 bits per heavy atom. The van der Waals surface area contributed by atoms with Gasteiger partial charge in [-0.2, -0.15) is 5.10 Å². The molecule has 1 aromatic rings. The van der Waals surface area contributed by atoms with Gasteiger partial charge in [0, 0.05) is 50.6 Å². The molecule has 5 rings (SSSR count). The molecule has 4 aliphatic rings. The number of fused-ring (bicyclic) bond motifs is 3. The number of aryl methyl sites for hydroxylation is 1. The van der Waals surface area contributed by atoms with Crippen LogP contribution in [-0.2, 0) is 11.8 Å². The van der Waals surface area contributed by atoms with Gasteiger partial charge >= 0.3 is 0 Å². The Bertz CT molecular complexity index is 619. The fourth-order valence-electron chi connectivity index (χ4n) is 5.40. The number of amides is 1. The fraction of sp³-hybridized carbons (Fsp3) is 0.800. The number of piperidine rings is 3. The van der Waals surface area contributed by atoms with Gasteiger partial charge in [-0.05, 0) is 44.2 Å². The lowest BCUT2D eigenvalue weighted by molar-refractivity contribution is -0.119. The van der Waals surface area contributed by atoms with E-state index in [2.05, 4.69) is 28.0 Å². The zero-order chi connectivity index (χ0) is 17.4. The van der Waals surface area contributed by atoms with Crippen molar-refractivity contribution in [3.05, 3.63) is 17.5 Å². The largest absolute Gasteiger partial charge is 0.355 e. The van der Waals surface area contributed by atoms with Crippen LogP contribution in [0.5, 0.6) is 0 Å². The summed E-state index contributed by atoms with van der Waals surface area (Å²) in [4.78, 5) is 13.8. The average molecular weight is 345 g/mol. The lowest BCUT2D eigenvalue weighted by Gasteiger charge is -2.49. The lowest BCUT2D eigenvalue weighted by Crippen LogP contribution is -2.56. The maximum Gasteiger partial charge on any atom is 0.216 e. The van der Waals surface area contributed by atoms with Crippen molar-refractivity contribution in [2.24, 2.45) is 13.0 Å². The monoisotopic (exact) mass is 344 g/mol. The first kappa shape index (κ1) is 17.1. The summed E-state index contributed by atoms with van der Waals surface area (Å²) < 4.78 is 2.17. The predicted octanol–water partition coefficient (Wildman–Crippen LogP) is 2.78. The predicted molar refractivity (Wildman–Crippen MR) is 98.5 cm³/mol. The molecular formula is C20H32N4O. The molecule has 25 heavy (non-hydrogen) atoms. The summed E-state index contributed by atoms with van der Waals surface area (Å²) in [5, 5.41) is 7.93. The van der Waals surface area contributed by atoms with E-state index in [1.807, 2.05) is 0 Å². The molecule has 2 bridgehead atoms. The van der Waals surface area contributed by atoms with Crippen LogP contribution in [0.2, 0.25) is 0 Å². The van der Waals surface area contributed by atoms with Gasteiger partial charge in [-0.1, -0.05) is 19.3 Å². The second-order valence-corrected chi connectivity index (χ2v) is 8.43. The van der Waals surface area contributed by atoms with E-state index in [9.17, 15) is 4.79 Å². The van der Waals surface area contributed by atoms with E-state index in [0.717, 1.165) is 19.0 Å². The van der Waals surface area contributed by atoms with E-state index in [0.29, 0.717) is 17.9 Å². The second kappa shape index (κ2) is 7.10. The first-order valence-corrected chi connectivity index (χ1v) is 10.1. The van der Waals surface area contributed by atoms with Crippen molar-refractivity contribution in [2.75, 3.05) is 19.6 Å². The molecule has 4 unspecified atom stereocenters. The highest BCUT2D eigenvalue weighted by Gasteiger charge is 2.41. The summed E-state index contributed by atoms with van der Waals surface area (Å²) in [5.74, 6) is 2.11. The normalized spacial score (nSPS) is 32.7. The van der Waals surface area contributed by atoms with Gasteiger partial charge in [0.25, 0.3) is 0 Å². The third-order valence-electron chi connectivity index (χ3n) is 6.80. The van der Waals surface area contributed by atoms with E-state index in [-0.39, 0.29) is 5.91 Å². The molecule has 4 atom stereocenters. The van der Waals surface area contributed by atoms with Crippen molar-refractivity contribution in [3.63, 3.8) is 0 Å². The third kappa shape index (κ3) is 3.48. The molecule has 1 aliphatic carbocycles. The van der Waals surface area contributed by atoms with Crippen LogP contribution in [-0.4, -0.2) is 46.3 Å². The quantitative estimate of drug-likeness (QED) is 0.914. The van der Waals surface area contributed by atoms with E-state index >= 15 is 0 Å². The number of aromatic nitrogens is 2. The average Bonchev–Trinajstić information content (AvgIpc) is 3.03. The number of carbonyl (C=O) groups is 1. The Morgan fingerprint density at radius 2 is 2.08 bits per heavy atom. The van der Waals surface area contributed by atoms with Crippen molar-refractivity contribution in [1.82, 2.24) is 20.0 Å². The van der Waals surface area contributed by atoms with Gasteiger partial charge in [-0.25, -0.2) is 0 Å². The smallest absolute Gasteiger partial charge is 0.216 e. The molecule has 3 aliphatic heterocycles. The summed E-state index contributed by atoms with van der Waals surface area (Å²) in [6.45, 7) is 4.72. The summed E-state index contributed by atoms with van der Waals surface area (Å²) in [7, 11) is 2.13. The van der Waals surface area contributed by atoms with Crippen LogP contribution in [0.4, 0.5) is 0 Å². The number of nitrogens with zero attached hydrogens (tertiary/aromatic N) is 3. The molecule has 1 amide bonds. The third-order valence-corrected chi connectivity index (χ3v) is 6.80. The van der Waals surface area contributed by atoms with E-state index in [1.54, 1.807) is 6.92 Å². The van der Waals surface area contributed by atoms with Crippen molar-refractivity contribution in [3.8, 4) is 0 Å². The minimum absolute atomic E-state index is 0.0861. The van der Waals surface area contributed by atoms with Crippen LogP contribution in [0.25, 0.3) is 0 Å². The Balaban J connectivity index is 1.46. The Labute approximate surface area is 151 Å². The Hall–Kier alpha value is -1.36. The van der Waals surface area contributed by atoms with Crippen LogP contribution in [0, 0.1) is 5.92 Å². The summed E-state index contributed by atoms with van der Waals surface area (Å²) in [6, 6.07) is 2.94. The van der Waals surface area contributed by atoms with Crippen molar-refractivity contribution < 1.29 is 4.79 Å². The molecule has 4 heterocycles. The van der Waals surface area contributed by atoms with Crippen LogP contribution >= 0.6 is 0 Å². The fourth-order valence-corrected chi connectivity index (χ4v) is 5.40. The van der Waals surface area contributed by atoms with Crippen molar-refractivity contribution >= 4 is 5.91 Å². The van der Waals surface area contributed by atoms with Gasteiger partial charge in [0.1, 0.15) is 0 Å². The number of hydrogen-bond acceptors (Lipinski definition) is 3. The number of hydrogen-bond donors (Lipinski definition) is 1. The van der Waals surface area contributed by atoms with Gasteiger partial charge in [0.2, 0.25) is 5.91 Å². The van der Waals surface area contributed by atoms with Gasteiger partial charge in [0.05, 0.1) is 5.69 Å². The number of carbonyl (C=O) groups excluding carboxylic acids is 1. The molecule has 4 fully saturated rings. The van der Waals surface area contributed by atoms with Crippen LogP contribution in [0.15, 0.2) is 6.07 Å². The van der Waals surface area contributed by atoms with Crippen LogP contribution < -0.4 is 5.32 Å². The molecular weight excluding hydrogens is 312 g/mol. The highest BCUT2D eigenvalue weighted by Crippen LogP contribution is 2.42. The van der Waals surface area contributed by atoms with Crippen molar-refractivity contribution in [2.45, 2.75) is 69.7 Å². The molecule has 1 N–H and O–H groups in total. The number of rotatable bonds is 4. The van der Waals surface area contributed by atoms with Gasteiger partial charge in [0.15, 0.2) is 0 Å². The number of nitrogens with one attached hydrogen (secondary N) is 1. The maximum absolute atomic E-state index is 11.2. The first-order chi connectivity index (χ1) is 12.1. The van der Waals surface area contributed by atoms with Crippen molar-refractivity contribution in [1.29, 1.82) is 0 Å². The minimum atomic E-state index is 0.0861. The zero-order valence-electron chi connectivity index (χ0n) is 15.7. The molecule has 1 saturated carbocycles. The standard InChI is InChI=1S/C20H32N4O/c1-14(25)21-12-17-10-16-8-9-24(17)13-18(16)20-11-19(22-23(20)2)15-6-4-3-5-7-15/h11,15-18H,3-10,12-13H2,1-2H3,(H,21,25). The van der Waals surface area contributed by atoms with Crippen LogP contribution in [0.3, 0.4) is 0 Å². The Morgan fingerprint density at radius 1 is 1.28 bits per heavy atom. The maximum atomic E-state index is 11.2. The minimum Gasteiger partial charge on any atom is -0.355 e. The van der Waals surface area contributed by atoms with Crippen LogP contribution in [0.1, 0.15) is 75.1 Å². The molecule has 0 aromatic carbocycles. The lowest BCUT2D eigenvalue weighted by atomic mass is 9.74. The van der Waals surface area contributed by atoms with Gasteiger partial charge in [-0.3, -0.25) is 14.4 Å². The highest BCUT2D eigenvalue weighted by atomic mass is 16.1. The molecule has 138 valence electrons. The van der Waals surface area contributed by atoms with E-state index in [1.165, 1.54) is 62.9 Å². The van der Waals surface area contributed by atoms with E-state index in [4.69, 9.17) is 5.10 Å². The van der Waals surface area contributed by atoms with Gasteiger partial charge < -0.3 is 5.32 Å². The Kier molecular flexibility index (Phi) is 4.85. The molecule has 0 radical (unpaired) electrons. The summed E-state index contributed by atoms with van der Waals surface area (Å²) >= 11 is 0. The molecule has 3 saturated heterocycles. The van der Waals surface area contributed by atoms with Gasteiger partial charge in [-0.15, -0.1) is 0 Å². The molecule has 0 spiro atoms. The molecule has 5 heteroatoms. The zero-order valence-corrected chi connectivity index (χ0v) is 15.7. The SMILES string of the molecule is CC(=O)NCC1CC2CCN1CC2c1cc(C2CCCCC2)nn1C. The first-order valence-electron chi connectivity index (χ1n) is 10.1. The van der Waals surface area contributed by atoms with E-state index < -0.39 is 0 Å².